The van der Waals surface area contributed by atoms with Crippen LogP contribution < -0.4 is 15.0 Å². The van der Waals surface area contributed by atoms with Gasteiger partial charge in [-0.25, -0.2) is 4.39 Å². The van der Waals surface area contributed by atoms with Crippen molar-refractivity contribution in [3.8, 4) is 5.75 Å². The molecule has 166 valence electrons. The summed E-state index contributed by atoms with van der Waals surface area (Å²) in [5, 5.41) is 2.64. The molecule has 1 N–H and O–H groups in total. The first-order chi connectivity index (χ1) is 15.9. The predicted molar refractivity (Wildman–Crippen MR) is 129 cm³/mol. The third-order valence-corrected chi connectivity index (χ3v) is 5.50. The molecule has 0 spiro atoms. The highest BCUT2D eigenvalue weighted by molar-refractivity contribution is 7.80. The van der Waals surface area contributed by atoms with Gasteiger partial charge in [0, 0.05) is 0 Å². The highest BCUT2D eigenvalue weighted by Gasteiger charge is 2.34. The predicted octanol–water partition coefficient (Wildman–Crippen LogP) is 4.80. The van der Waals surface area contributed by atoms with E-state index in [1.807, 2.05) is 31.2 Å². The molecule has 3 aromatic rings. The summed E-state index contributed by atoms with van der Waals surface area (Å²) >= 11 is 5.24. The molecule has 5 nitrogen and oxygen atoms in total. The molecule has 1 fully saturated rings. The summed E-state index contributed by atoms with van der Waals surface area (Å²) < 4.78 is 18.7. The maximum atomic E-state index is 13.1. The maximum Gasteiger partial charge on any atom is 0.270 e. The number of anilines is 1. The molecular formula is C26H21FN2O3S. The number of nitrogens with one attached hydrogen (secondary N) is 1. The Hall–Kier alpha value is -3.84. The average Bonchev–Trinajstić information content (AvgIpc) is 2.82. The quantitative estimate of drug-likeness (QED) is 0.326. The summed E-state index contributed by atoms with van der Waals surface area (Å²) in [5.74, 6) is -0.706. The summed E-state index contributed by atoms with van der Waals surface area (Å²) in [5.41, 5.74) is 3.23. The van der Waals surface area contributed by atoms with Crippen molar-refractivity contribution in [3.05, 3.63) is 101 Å². The third kappa shape index (κ3) is 5.15. The molecule has 3 aromatic carbocycles. The van der Waals surface area contributed by atoms with Gasteiger partial charge in [-0.05, 0) is 77.8 Å². The molecule has 0 saturated carbocycles. The normalized spacial score (nSPS) is 15.0. The van der Waals surface area contributed by atoms with Crippen molar-refractivity contribution >= 4 is 40.9 Å². The van der Waals surface area contributed by atoms with E-state index < -0.39 is 11.8 Å². The van der Waals surface area contributed by atoms with Gasteiger partial charge in [-0.3, -0.25) is 19.8 Å². The zero-order valence-electron chi connectivity index (χ0n) is 17.9. The van der Waals surface area contributed by atoms with Gasteiger partial charge in [0.25, 0.3) is 11.8 Å². The highest BCUT2D eigenvalue weighted by Crippen LogP contribution is 2.23. The standard InChI is InChI=1S/C26H21FN2O3S/c1-2-17-5-11-21(12-6-17)29-25(31)23(24(30)28-26(29)33)15-18-7-13-22(14-8-18)32-16-19-3-9-20(27)10-4-19/h3-15H,2,16H2,1H3,(H,28,30,33). The fraction of sp³-hybridized carbons (Fsp3) is 0.115. The Balaban J connectivity index is 1.50. The molecule has 0 bridgehead atoms. The van der Waals surface area contributed by atoms with Crippen LogP contribution in [0.5, 0.6) is 5.75 Å². The minimum Gasteiger partial charge on any atom is -0.489 e. The lowest BCUT2D eigenvalue weighted by molar-refractivity contribution is -0.122. The largest absolute Gasteiger partial charge is 0.489 e. The second-order valence-electron chi connectivity index (χ2n) is 7.46. The Morgan fingerprint density at radius 3 is 2.21 bits per heavy atom. The molecule has 1 heterocycles. The highest BCUT2D eigenvalue weighted by atomic mass is 32.1. The molecule has 2 amide bonds. The molecule has 0 unspecified atom stereocenters. The molecule has 1 aliphatic rings. The molecule has 0 atom stereocenters. The Morgan fingerprint density at radius 1 is 0.939 bits per heavy atom. The topological polar surface area (TPSA) is 58.6 Å². The number of hydrogen-bond donors (Lipinski definition) is 1. The van der Waals surface area contributed by atoms with E-state index >= 15 is 0 Å². The number of hydrogen-bond acceptors (Lipinski definition) is 4. The number of halogens is 1. The second kappa shape index (κ2) is 9.75. The van der Waals surface area contributed by atoms with Gasteiger partial charge in [0.1, 0.15) is 23.7 Å². The first-order valence-electron chi connectivity index (χ1n) is 10.4. The molecular weight excluding hydrogens is 439 g/mol. The summed E-state index contributed by atoms with van der Waals surface area (Å²) in [6, 6.07) is 20.5. The summed E-state index contributed by atoms with van der Waals surface area (Å²) in [7, 11) is 0. The van der Waals surface area contributed by atoms with E-state index in [-0.39, 0.29) is 16.5 Å². The van der Waals surface area contributed by atoms with Gasteiger partial charge in [0.15, 0.2) is 5.11 Å². The van der Waals surface area contributed by atoms with Gasteiger partial charge < -0.3 is 4.74 Å². The number of carbonyl (C=O) groups excluding carboxylic acids is 2. The van der Waals surface area contributed by atoms with E-state index in [0.29, 0.717) is 23.6 Å². The van der Waals surface area contributed by atoms with Crippen LogP contribution in [-0.2, 0) is 22.6 Å². The molecule has 4 rings (SSSR count). The molecule has 33 heavy (non-hydrogen) atoms. The zero-order chi connectivity index (χ0) is 23.4. The first-order valence-corrected chi connectivity index (χ1v) is 10.8. The number of amides is 2. The number of ether oxygens (including phenoxy) is 1. The summed E-state index contributed by atoms with van der Waals surface area (Å²) in [4.78, 5) is 26.9. The fourth-order valence-corrected chi connectivity index (χ4v) is 3.63. The van der Waals surface area contributed by atoms with Crippen molar-refractivity contribution in [2.75, 3.05) is 4.90 Å². The Kier molecular flexibility index (Phi) is 6.60. The minimum atomic E-state index is -0.539. The molecule has 1 aliphatic heterocycles. The van der Waals surface area contributed by atoms with E-state index in [1.165, 1.54) is 23.1 Å². The lowest BCUT2D eigenvalue weighted by atomic mass is 10.1. The SMILES string of the molecule is CCc1ccc(N2C(=O)C(=Cc3ccc(OCc4ccc(F)cc4)cc3)C(=O)NC2=S)cc1. The van der Waals surface area contributed by atoms with E-state index in [9.17, 15) is 14.0 Å². The van der Waals surface area contributed by atoms with Gasteiger partial charge in [0.2, 0.25) is 0 Å². The van der Waals surface area contributed by atoms with E-state index in [0.717, 1.165) is 17.5 Å². The van der Waals surface area contributed by atoms with E-state index in [4.69, 9.17) is 17.0 Å². The number of aryl methyl sites for hydroxylation is 1. The Morgan fingerprint density at radius 2 is 1.58 bits per heavy atom. The zero-order valence-corrected chi connectivity index (χ0v) is 18.7. The van der Waals surface area contributed by atoms with Crippen LogP contribution in [0.4, 0.5) is 10.1 Å². The Labute approximate surface area is 196 Å². The van der Waals surface area contributed by atoms with E-state index in [2.05, 4.69) is 5.32 Å². The molecule has 0 aliphatic carbocycles. The number of carbonyl (C=O) groups is 2. The van der Waals surface area contributed by atoms with Gasteiger partial charge in [-0.2, -0.15) is 0 Å². The van der Waals surface area contributed by atoms with Crippen molar-refractivity contribution in [2.45, 2.75) is 20.0 Å². The van der Waals surface area contributed by atoms with Crippen LogP contribution >= 0.6 is 12.2 Å². The lowest BCUT2D eigenvalue weighted by Gasteiger charge is -2.29. The fourth-order valence-electron chi connectivity index (χ4n) is 3.35. The molecule has 7 heteroatoms. The van der Waals surface area contributed by atoms with Crippen LogP contribution in [0.3, 0.4) is 0 Å². The Bertz CT molecular complexity index is 1220. The number of rotatable bonds is 6. The lowest BCUT2D eigenvalue weighted by Crippen LogP contribution is -2.54. The molecule has 0 aromatic heterocycles. The third-order valence-electron chi connectivity index (χ3n) is 5.21. The van der Waals surface area contributed by atoms with Crippen molar-refractivity contribution in [1.82, 2.24) is 5.32 Å². The van der Waals surface area contributed by atoms with Crippen LogP contribution in [0.25, 0.3) is 6.08 Å². The summed E-state index contributed by atoms with van der Waals surface area (Å²) in [6.45, 7) is 2.34. The van der Waals surface area contributed by atoms with Crippen molar-refractivity contribution in [2.24, 2.45) is 0 Å². The first kappa shape index (κ1) is 22.4. The minimum absolute atomic E-state index is 0.0110. The summed E-state index contributed by atoms with van der Waals surface area (Å²) in [6.07, 6.45) is 2.40. The van der Waals surface area contributed by atoms with Crippen LogP contribution in [0.2, 0.25) is 0 Å². The van der Waals surface area contributed by atoms with Gasteiger partial charge >= 0.3 is 0 Å². The van der Waals surface area contributed by atoms with Crippen LogP contribution in [0, 0.1) is 5.82 Å². The van der Waals surface area contributed by atoms with Crippen molar-refractivity contribution in [1.29, 1.82) is 0 Å². The van der Waals surface area contributed by atoms with Gasteiger partial charge in [0.05, 0.1) is 5.69 Å². The van der Waals surface area contributed by atoms with Crippen LogP contribution in [0.1, 0.15) is 23.6 Å². The van der Waals surface area contributed by atoms with Gasteiger partial charge in [-0.1, -0.05) is 43.3 Å². The average molecular weight is 461 g/mol. The maximum absolute atomic E-state index is 13.1. The smallest absolute Gasteiger partial charge is 0.270 e. The van der Waals surface area contributed by atoms with Gasteiger partial charge in [-0.15, -0.1) is 0 Å². The van der Waals surface area contributed by atoms with Crippen LogP contribution in [-0.4, -0.2) is 16.9 Å². The van der Waals surface area contributed by atoms with Crippen LogP contribution in [0.15, 0.2) is 78.4 Å². The van der Waals surface area contributed by atoms with E-state index in [1.54, 1.807) is 36.4 Å². The second-order valence-corrected chi connectivity index (χ2v) is 7.85. The monoisotopic (exact) mass is 460 g/mol. The van der Waals surface area contributed by atoms with Crippen molar-refractivity contribution in [3.63, 3.8) is 0 Å². The van der Waals surface area contributed by atoms with Crippen molar-refractivity contribution < 1.29 is 18.7 Å². The number of thiocarbonyl (C=S) groups is 1. The number of nitrogens with zero attached hydrogens (tertiary/aromatic N) is 1. The number of benzene rings is 3. The molecule has 0 radical (unpaired) electrons. The molecule has 1 saturated heterocycles.